The van der Waals surface area contributed by atoms with E-state index in [1.54, 1.807) is 24.2 Å². The summed E-state index contributed by atoms with van der Waals surface area (Å²) >= 11 is 1.66. The van der Waals surface area contributed by atoms with Gasteiger partial charge in [0, 0.05) is 11.8 Å². The lowest BCUT2D eigenvalue weighted by atomic mass is 10.2. The molecule has 1 aromatic rings. The van der Waals surface area contributed by atoms with Crippen LogP contribution in [0.1, 0.15) is 26.2 Å². The molecule has 0 aliphatic carbocycles. The van der Waals surface area contributed by atoms with E-state index in [1.165, 1.54) is 12.8 Å². The van der Waals surface area contributed by atoms with Gasteiger partial charge in [-0.25, -0.2) is 4.98 Å². The van der Waals surface area contributed by atoms with E-state index in [0.29, 0.717) is 6.04 Å². The summed E-state index contributed by atoms with van der Waals surface area (Å²) in [7, 11) is 0. The number of unbranched alkanes of at least 4 members (excludes halogenated alkanes) is 1. The lowest BCUT2D eigenvalue weighted by Gasteiger charge is -2.02. The third-order valence-electron chi connectivity index (χ3n) is 1.69. The summed E-state index contributed by atoms with van der Waals surface area (Å²) in [5.41, 5.74) is 5.63. The Morgan fingerprint density at radius 2 is 2.46 bits per heavy atom. The number of oxazole rings is 1. The van der Waals surface area contributed by atoms with Gasteiger partial charge in [-0.05, 0) is 19.8 Å². The number of nitrogens with two attached hydrogens (primary N) is 1. The molecule has 4 heteroatoms. The first-order valence-electron chi connectivity index (χ1n) is 4.57. The molecule has 0 spiro atoms. The highest BCUT2D eigenvalue weighted by Gasteiger charge is 1.98. The van der Waals surface area contributed by atoms with Gasteiger partial charge in [-0.15, -0.1) is 0 Å². The Morgan fingerprint density at radius 1 is 1.62 bits per heavy atom. The van der Waals surface area contributed by atoms with E-state index in [1.807, 2.05) is 6.92 Å². The Kier molecular flexibility index (Phi) is 4.93. The highest BCUT2D eigenvalue weighted by atomic mass is 32.2. The van der Waals surface area contributed by atoms with E-state index in [9.17, 15) is 0 Å². The van der Waals surface area contributed by atoms with E-state index in [2.05, 4.69) is 4.98 Å². The SMILES string of the molecule is CC(N)CCCCSc1ncco1. The van der Waals surface area contributed by atoms with Crippen molar-refractivity contribution in [2.75, 3.05) is 5.75 Å². The van der Waals surface area contributed by atoms with Gasteiger partial charge in [-0.1, -0.05) is 18.2 Å². The van der Waals surface area contributed by atoms with Gasteiger partial charge in [0.25, 0.3) is 5.22 Å². The smallest absolute Gasteiger partial charge is 0.255 e. The van der Waals surface area contributed by atoms with Gasteiger partial charge in [-0.2, -0.15) is 0 Å². The maximum Gasteiger partial charge on any atom is 0.255 e. The van der Waals surface area contributed by atoms with E-state index in [0.717, 1.165) is 17.4 Å². The van der Waals surface area contributed by atoms with E-state index >= 15 is 0 Å². The molecule has 0 radical (unpaired) electrons. The Balaban J connectivity index is 1.96. The van der Waals surface area contributed by atoms with Gasteiger partial charge in [0.1, 0.15) is 6.26 Å². The van der Waals surface area contributed by atoms with Crippen LogP contribution in [0.5, 0.6) is 0 Å². The molecular weight excluding hydrogens is 184 g/mol. The van der Waals surface area contributed by atoms with Gasteiger partial charge in [0.05, 0.1) is 6.20 Å². The van der Waals surface area contributed by atoms with Crippen molar-refractivity contribution in [2.24, 2.45) is 5.73 Å². The predicted molar refractivity (Wildman–Crippen MR) is 54.7 cm³/mol. The fourth-order valence-corrected chi connectivity index (χ4v) is 1.79. The molecular formula is C9H16N2OS. The molecule has 74 valence electrons. The normalized spacial score (nSPS) is 13.1. The van der Waals surface area contributed by atoms with Gasteiger partial charge in [0.15, 0.2) is 0 Å². The summed E-state index contributed by atoms with van der Waals surface area (Å²) in [5, 5.41) is 0.765. The van der Waals surface area contributed by atoms with Crippen LogP contribution < -0.4 is 5.73 Å². The minimum atomic E-state index is 0.326. The largest absolute Gasteiger partial charge is 0.440 e. The van der Waals surface area contributed by atoms with Crippen LogP contribution in [-0.2, 0) is 0 Å². The summed E-state index contributed by atoms with van der Waals surface area (Å²) in [6.45, 7) is 2.04. The molecule has 0 saturated heterocycles. The van der Waals surface area contributed by atoms with Crippen LogP contribution in [0.3, 0.4) is 0 Å². The first-order valence-corrected chi connectivity index (χ1v) is 5.55. The molecule has 1 atom stereocenters. The fourth-order valence-electron chi connectivity index (χ4n) is 1.01. The summed E-state index contributed by atoms with van der Waals surface area (Å²) in [6.07, 6.45) is 6.74. The summed E-state index contributed by atoms with van der Waals surface area (Å²) in [6, 6.07) is 0.326. The number of hydrogen-bond donors (Lipinski definition) is 1. The molecule has 1 unspecified atom stereocenters. The molecule has 2 N–H and O–H groups in total. The van der Waals surface area contributed by atoms with Crippen molar-refractivity contribution < 1.29 is 4.42 Å². The second kappa shape index (κ2) is 6.05. The van der Waals surface area contributed by atoms with Crippen molar-refractivity contribution in [1.29, 1.82) is 0 Å². The molecule has 3 nitrogen and oxygen atoms in total. The minimum Gasteiger partial charge on any atom is -0.440 e. The van der Waals surface area contributed by atoms with Crippen LogP contribution in [0.2, 0.25) is 0 Å². The van der Waals surface area contributed by atoms with Crippen LogP contribution in [0, 0.1) is 0 Å². The van der Waals surface area contributed by atoms with Crippen molar-refractivity contribution >= 4 is 11.8 Å². The topological polar surface area (TPSA) is 52.0 Å². The van der Waals surface area contributed by atoms with Crippen LogP contribution in [0.15, 0.2) is 22.1 Å². The molecule has 0 amide bonds. The molecule has 0 aliphatic rings. The highest BCUT2D eigenvalue weighted by molar-refractivity contribution is 7.99. The monoisotopic (exact) mass is 200 g/mol. The molecule has 1 heterocycles. The molecule has 1 aromatic heterocycles. The first-order chi connectivity index (χ1) is 6.29. The Bertz CT molecular complexity index is 211. The Morgan fingerprint density at radius 3 is 3.08 bits per heavy atom. The van der Waals surface area contributed by atoms with Crippen LogP contribution in [0.25, 0.3) is 0 Å². The number of rotatable bonds is 6. The Hall–Kier alpha value is -0.480. The van der Waals surface area contributed by atoms with E-state index < -0.39 is 0 Å². The summed E-state index contributed by atoms with van der Waals surface area (Å²) < 4.78 is 5.09. The van der Waals surface area contributed by atoms with Crippen molar-refractivity contribution in [3.05, 3.63) is 12.5 Å². The zero-order valence-corrected chi connectivity index (χ0v) is 8.72. The minimum absolute atomic E-state index is 0.326. The quantitative estimate of drug-likeness (QED) is 0.565. The molecule has 0 bridgehead atoms. The van der Waals surface area contributed by atoms with E-state index in [4.69, 9.17) is 10.2 Å². The zero-order chi connectivity index (χ0) is 9.52. The number of hydrogen-bond acceptors (Lipinski definition) is 4. The maximum atomic E-state index is 5.63. The zero-order valence-electron chi connectivity index (χ0n) is 7.90. The van der Waals surface area contributed by atoms with Crippen molar-refractivity contribution in [1.82, 2.24) is 4.98 Å². The average Bonchev–Trinajstić information content (AvgIpc) is 2.55. The number of aromatic nitrogens is 1. The number of thioether (sulfide) groups is 1. The molecule has 0 aromatic carbocycles. The first kappa shape index (κ1) is 10.6. The fraction of sp³-hybridized carbons (Fsp3) is 0.667. The highest BCUT2D eigenvalue weighted by Crippen LogP contribution is 2.16. The van der Waals surface area contributed by atoms with Gasteiger partial charge < -0.3 is 10.2 Å². The van der Waals surface area contributed by atoms with Gasteiger partial charge in [0.2, 0.25) is 0 Å². The molecule has 0 aliphatic heterocycles. The Labute approximate surface area is 83.1 Å². The van der Waals surface area contributed by atoms with E-state index in [-0.39, 0.29) is 0 Å². The van der Waals surface area contributed by atoms with Crippen LogP contribution >= 0.6 is 11.8 Å². The van der Waals surface area contributed by atoms with Gasteiger partial charge >= 0.3 is 0 Å². The second-order valence-corrected chi connectivity index (χ2v) is 4.17. The number of nitrogens with zero attached hydrogens (tertiary/aromatic N) is 1. The molecule has 1 rings (SSSR count). The second-order valence-electron chi connectivity index (χ2n) is 3.12. The predicted octanol–water partition coefficient (Wildman–Crippen LogP) is 2.28. The van der Waals surface area contributed by atoms with Crippen LogP contribution in [-0.4, -0.2) is 16.8 Å². The van der Waals surface area contributed by atoms with Crippen molar-refractivity contribution in [3.8, 4) is 0 Å². The molecule has 0 fully saturated rings. The lowest BCUT2D eigenvalue weighted by molar-refractivity contribution is 0.454. The van der Waals surface area contributed by atoms with Crippen LogP contribution in [0.4, 0.5) is 0 Å². The summed E-state index contributed by atoms with van der Waals surface area (Å²) in [4.78, 5) is 4.02. The molecule has 0 saturated carbocycles. The standard InChI is InChI=1S/C9H16N2OS/c1-8(10)4-2-3-7-13-9-11-5-6-12-9/h5-6,8H,2-4,7,10H2,1H3. The van der Waals surface area contributed by atoms with Crippen molar-refractivity contribution in [2.45, 2.75) is 37.5 Å². The maximum absolute atomic E-state index is 5.63. The lowest BCUT2D eigenvalue weighted by Crippen LogP contribution is -2.13. The summed E-state index contributed by atoms with van der Waals surface area (Å²) in [5.74, 6) is 1.06. The van der Waals surface area contributed by atoms with Gasteiger partial charge in [-0.3, -0.25) is 0 Å². The third-order valence-corrected chi connectivity index (χ3v) is 2.63. The molecule has 13 heavy (non-hydrogen) atoms. The average molecular weight is 200 g/mol. The van der Waals surface area contributed by atoms with Crippen molar-refractivity contribution in [3.63, 3.8) is 0 Å². The third kappa shape index (κ3) is 4.95.